The van der Waals surface area contributed by atoms with Crippen LogP contribution in [0.1, 0.15) is 11.1 Å². The minimum absolute atomic E-state index is 0.671. The van der Waals surface area contributed by atoms with Gasteiger partial charge in [-0.3, -0.25) is 0 Å². The van der Waals surface area contributed by atoms with E-state index >= 15 is 0 Å². The average molecular weight is 193 g/mol. The van der Waals surface area contributed by atoms with Crippen LogP contribution in [0, 0.1) is 0 Å². The molecule has 0 fully saturated rings. The second-order valence-electron chi connectivity index (χ2n) is 3.51. The molecule has 0 aliphatic carbocycles. The van der Waals surface area contributed by atoms with Crippen molar-refractivity contribution in [1.29, 1.82) is 0 Å². The molecule has 1 heterocycles. The molecule has 1 aromatic rings. The van der Waals surface area contributed by atoms with E-state index in [0.29, 0.717) is 6.04 Å². The summed E-state index contributed by atoms with van der Waals surface area (Å²) in [5.74, 6) is 1.22. The van der Waals surface area contributed by atoms with Crippen LogP contribution in [0.5, 0.6) is 0 Å². The van der Waals surface area contributed by atoms with E-state index in [2.05, 4.69) is 35.8 Å². The summed E-state index contributed by atoms with van der Waals surface area (Å²) in [4.78, 5) is 0. The zero-order valence-corrected chi connectivity index (χ0v) is 8.73. The van der Waals surface area contributed by atoms with Gasteiger partial charge in [0.15, 0.2) is 0 Å². The van der Waals surface area contributed by atoms with Crippen LogP contribution in [0.3, 0.4) is 0 Å². The monoisotopic (exact) mass is 193 g/mol. The predicted octanol–water partition coefficient (Wildman–Crippen LogP) is 2.06. The minimum Gasteiger partial charge on any atom is -0.309 e. The van der Waals surface area contributed by atoms with E-state index in [0.717, 1.165) is 6.54 Å². The maximum Gasteiger partial charge on any atom is 0.0211 e. The van der Waals surface area contributed by atoms with Crippen LogP contribution in [-0.2, 0) is 13.0 Å². The number of thioether (sulfide) groups is 1. The highest BCUT2D eigenvalue weighted by Crippen LogP contribution is 2.17. The summed E-state index contributed by atoms with van der Waals surface area (Å²) in [6, 6.07) is 9.40. The molecule has 1 unspecified atom stereocenters. The van der Waals surface area contributed by atoms with Gasteiger partial charge >= 0.3 is 0 Å². The van der Waals surface area contributed by atoms with Crippen molar-refractivity contribution >= 4 is 11.8 Å². The van der Waals surface area contributed by atoms with E-state index in [1.54, 1.807) is 0 Å². The highest BCUT2D eigenvalue weighted by atomic mass is 32.2. The van der Waals surface area contributed by atoms with Crippen LogP contribution in [0.25, 0.3) is 0 Å². The van der Waals surface area contributed by atoms with Crippen LogP contribution in [0.15, 0.2) is 24.3 Å². The molecule has 0 amide bonds. The van der Waals surface area contributed by atoms with Crippen molar-refractivity contribution in [3.05, 3.63) is 35.4 Å². The van der Waals surface area contributed by atoms with E-state index in [9.17, 15) is 0 Å². The SMILES string of the molecule is CSCC1Cc2ccccc2CN1. The van der Waals surface area contributed by atoms with E-state index < -0.39 is 0 Å². The van der Waals surface area contributed by atoms with Crippen molar-refractivity contribution in [3.63, 3.8) is 0 Å². The van der Waals surface area contributed by atoms with Gasteiger partial charge in [0.1, 0.15) is 0 Å². The van der Waals surface area contributed by atoms with E-state index in [4.69, 9.17) is 0 Å². The highest BCUT2D eigenvalue weighted by molar-refractivity contribution is 7.98. The molecule has 0 saturated heterocycles. The number of hydrogen-bond acceptors (Lipinski definition) is 2. The molecule has 0 radical (unpaired) electrons. The quantitative estimate of drug-likeness (QED) is 0.771. The summed E-state index contributed by atoms with van der Waals surface area (Å²) in [6.45, 7) is 1.04. The summed E-state index contributed by atoms with van der Waals surface area (Å²) in [5, 5.41) is 3.56. The molecule has 70 valence electrons. The predicted molar refractivity (Wildman–Crippen MR) is 59.2 cm³/mol. The van der Waals surface area contributed by atoms with Gasteiger partial charge < -0.3 is 5.32 Å². The molecular weight excluding hydrogens is 178 g/mol. The van der Waals surface area contributed by atoms with Crippen LogP contribution in [0.4, 0.5) is 0 Å². The average Bonchev–Trinajstić information content (AvgIpc) is 2.18. The van der Waals surface area contributed by atoms with Gasteiger partial charge in [0.2, 0.25) is 0 Å². The summed E-state index contributed by atoms with van der Waals surface area (Å²) in [7, 11) is 0. The molecule has 0 aromatic heterocycles. The first-order valence-electron chi connectivity index (χ1n) is 4.69. The molecule has 2 rings (SSSR count). The first kappa shape index (κ1) is 9.10. The molecule has 13 heavy (non-hydrogen) atoms. The zero-order valence-electron chi connectivity index (χ0n) is 7.92. The van der Waals surface area contributed by atoms with Crippen molar-refractivity contribution < 1.29 is 0 Å². The Morgan fingerprint density at radius 3 is 2.92 bits per heavy atom. The van der Waals surface area contributed by atoms with Crippen LogP contribution in [0.2, 0.25) is 0 Å². The Bertz CT molecular complexity index is 285. The maximum absolute atomic E-state index is 3.56. The third-order valence-corrected chi connectivity index (χ3v) is 3.27. The van der Waals surface area contributed by atoms with Gasteiger partial charge in [-0.2, -0.15) is 11.8 Å². The fourth-order valence-electron chi connectivity index (χ4n) is 1.84. The first-order chi connectivity index (χ1) is 6.40. The number of hydrogen-bond donors (Lipinski definition) is 1. The smallest absolute Gasteiger partial charge is 0.0211 e. The van der Waals surface area contributed by atoms with Crippen molar-refractivity contribution in [1.82, 2.24) is 5.32 Å². The second kappa shape index (κ2) is 4.16. The maximum atomic E-state index is 3.56. The molecule has 1 aliphatic heterocycles. The molecule has 0 bridgehead atoms. The molecule has 2 heteroatoms. The van der Waals surface area contributed by atoms with Gasteiger partial charge in [0, 0.05) is 18.3 Å². The topological polar surface area (TPSA) is 12.0 Å². The lowest BCUT2D eigenvalue weighted by Gasteiger charge is -2.25. The Labute approximate surface area is 83.9 Å². The fraction of sp³-hybridized carbons (Fsp3) is 0.455. The van der Waals surface area contributed by atoms with Gasteiger partial charge in [-0.15, -0.1) is 0 Å². The lowest BCUT2D eigenvalue weighted by atomic mass is 9.97. The van der Waals surface area contributed by atoms with Crippen LogP contribution in [-0.4, -0.2) is 18.1 Å². The Balaban J connectivity index is 2.11. The molecule has 1 N–H and O–H groups in total. The summed E-state index contributed by atoms with van der Waals surface area (Å²) in [6.07, 6.45) is 3.36. The molecule has 1 aromatic carbocycles. The molecule has 1 aliphatic rings. The standard InChI is InChI=1S/C11H15NS/c1-13-8-11-6-9-4-2-3-5-10(9)7-12-11/h2-5,11-12H,6-8H2,1H3. The molecular formula is C11H15NS. The van der Waals surface area contributed by atoms with Gasteiger partial charge in [-0.05, 0) is 23.8 Å². The van der Waals surface area contributed by atoms with Crippen LogP contribution < -0.4 is 5.32 Å². The first-order valence-corrected chi connectivity index (χ1v) is 6.08. The van der Waals surface area contributed by atoms with E-state index in [1.807, 2.05) is 11.8 Å². The van der Waals surface area contributed by atoms with E-state index in [1.165, 1.54) is 23.3 Å². The lowest BCUT2D eigenvalue weighted by molar-refractivity contribution is 0.520. The molecule has 0 spiro atoms. The minimum atomic E-state index is 0.671. The van der Waals surface area contributed by atoms with Gasteiger partial charge in [-0.1, -0.05) is 24.3 Å². The zero-order chi connectivity index (χ0) is 9.10. The normalized spacial score (nSPS) is 21.2. The number of rotatable bonds is 2. The van der Waals surface area contributed by atoms with Crippen molar-refractivity contribution in [2.75, 3.05) is 12.0 Å². The largest absolute Gasteiger partial charge is 0.309 e. The van der Waals surface area contributed by atoms with Crippen molar-refractivity contribution in [3.8, 4) is 0 Å². The number of benzene rings is 1. The van der Waals surface area contributed by atoms with Gasteiger partial charge in [-0.25, -0.2) is 0 Å². The van der Waals surface area contributed by atoms with Gasteiger partial charge in [0.05, 0.1) is 0 Å². The lowest BCUT2D eigenvalue weighted by Crippen LogP contribution is -2.37. The highest BCUT2D eigenvalue weighted by Gasteiger charge is 2.16. The van der Waals surface area contributed by atoms with Crippen molar-refractivity contribution in [2.24, 2.45) is 0 Å². The Kier molecular flexibility index (Phi) is 2.91. The molecule has 1 nitrogen and oxygen atoms in total. The van der Waals surface area contributed by atoms with Crippen LogP contribution >= 0.6 is 11.8 Å². The molecule has 0 saturated carbocycles. The number of nitrogens with one attached hydrogen (secondary N) is 1. The third kappa shape index (κ3) is 2.06. The Morgan fingerprint density at radius 1 is 1.38 bits per heavy atom. The van der Waals surface area contributed by atoms with Crippen molar-refractivity contribution in [2.45, 2.75) is 19.0 Å². The van der Waals surface area contributed by atoms with E-state index in [-0.39, 0.29) is 0 Å². The Morgan fingerprint density at radius 2 is 2.15 bits per heavy atom. The second-order valence-corrected chi connectivity index (χ2v) is 4.42. The van der Waals surface area contributed by atoms with Gasteiger partial charge in [0.25, 0.3) is 0 Å². The summed E-state index contributed by atoms with van der Waals surface area (Å²) < 4.78 is 0. The fourth-order valence-corrected chi connectivity index (χ4v) is 2.48. The Hall–Kier alpha value is -0.470. The summed E-state index contributed by atoms with van der Waals surface area (Å²) in [5.41, 5.74) is 3.00. The summed E-state index contributed by atoms with van der Waals surface area (Å²) >= 11 is 1.92. The third-order valence-electron chi connectivity index (χ3n) is 2.53. The molecule has 1 atom stereocenters. The number of fused-ring (bicyclic) bond motifs is 1.